The van der Waals surface area contributed by atoms with Crippen molar-refractivity contribution in [1.29, 1.82) is 0 Å². The fourth-order valence-electron chi connectivity index (χ4n) is 7.92. The van der Waals surface area contributed by atoms with Crippen LogP contribution in [0.15, 0.2) is 97.6 Å². The highest BCUT2D eigenvalue weighted by molar-refractivity contribution is 6.30. The zero-order valence-electron chi connectivity index (χ0n) is 28.4. The quantitative estimate of drug-likeness (QED) is 0.156. The van der Waals surface area contributed by atoms with E-state index in [1.165, 1.54) is 43.2 Å². The van der Waals surface area contributed by atoms with E-state index in [9.17, 15) is 9.59 Å². The van der Waals surface area contributed by atoms with E-state index in [1.807, 2.05) is 76.6 Å². The first kappa shape index (κ1) is 34.8. The second-order valence-corrected chi connectivity index (χ2v) is 14.4. The van der Waals surface area contributed by atoms with Gasteiger partial charge in [0.15, 0.2) is 0 Å². The Bertz CT molecular complexity index is 1540. The van der Waals surface area contributed by atoms with Crippen molar-refractivity contribution in [2.45, 2.75) is 83.5 Å². The number of rotatable bonds is 14. The van der Waals surface area contributed by atoms with Crippen molar-refractivity contribution in [3.8, 4) is 0 Å². The van der Waals surface area contributed by atoms with Crippen LogP contribution in [0.5, 0.6) is 0 Å². The number of carbonyl (C=O) groups excluding carboxylic acids is 2. The summed E-state index contributed by atoms with van der Waals surface area (Å²) in [6.45, 7) is 4.25. The molecule has 0 radical (unpaired) electrons. The van der Waals surface area contributed by atoms with Crippen LogP contribution >= 0.6 is 11.6 Å². The maximum Gasteiger partial charge on any atom is 0.245 e. The Balaban J connectivity index is 1.13. The summed E-state index contributed by atoms with van der Waals surface area (Å²) in [5.41, 5.74) is 3.47. The molecule has 1 aromatic heterocycles. The molecule has 49 heavy (non-hydrogen) atoms. The summed E-state index contributed by atoms with van der Waals surface area (Å²) < 4.78 is 1.98. The van der Waals surface area contributed by atoms with E-state index in [0.717, 1.165) is 38.0 Å². The highest BCUT2D eigenvalue weighted by atomic mass is 35.5. The minimum Gasteiger partial charge on any atom is -0.344 e. The molecule has 2 amide bonds. The summed E-state index contributed by atoms with van der Waals surface area (Å²) in [5.74, 6) is 0.506. The summed E-state index contributed by atoms with van der Waals surface area (Å²) in [7, 11) is 0. The topological polar surface area (TPSA) is 83.4 Å². The molecule has 9 heteroatoms. The van der Waals surface area contributed by atoms with Crippen LogP contribution < -0.4 is 5.32 Å². The molecule has 1 atom stereocenters. The molecule has 0 bridgehead atoms. The molecule has 0 spiro atoms. The first-order valence-corrected chi connectivity index (χ1v) is 18.3. The lowest BCUT2D eigenvalue weighted by molar-refractivity contribution is -0.139. The number of benzene rings is 3. The molecule has 1 aliphatic carbocycles. The molecule has 8 nitrogen and oxygen atoms in total. The molecule has 3 aromatic carbocycles. The first-order valence-electron chi connectivity index (χ1n) is 17.9. The summed E-state index contributed by atoms with van der Waals surface area (Å²) >= 11 is 6.19. The van der Waals surface area contributed by atoms with Gasteiger partial charge in [0.05, 0.1) is 0 Å². The second kappa shape index (κ2) is 17.1. The van der Waals surface area contributed by atoms with Crippen LogP contribution in [0.25, 0.3) is 0 Å². The number of amides is 2. The van der Waals surface area contributed by atoms with Gasteiger partial charge in [-0.25, -0.2) is 4.98 Å². The molecule has 2 heterocycles. The van der Waals surface area contributed by atoms with Crippen molar-refractivity contribution in [2.75, 3.05) is 19.6 Å². The van der Waals surface area contributed by atoms with Crippen molar-refractivity contribution in [1.82, 2.24) is 29.9 Å². The number of aromatic nitrogens is 3. The van der Waals surface area contributed by atoms with Gasteiger partial charge in [0, 0.05) is 57.1 Å². The lowest BCUT2D eigenvalue weighted by atomic mass is 9.63. The first-order chi connectivity index (χ1) is 24.0. The number of nitrogens with zero attached hydrogens (tertiary/aromatic N) is 5. The predicted octanol–water partition coefficient (Wildman–Crippen LogP) is 6.94. The average Bonchev–Trinajstić information content (AvgIpc) is 3.65. The third-order valence-electron chi connectivity index (χ3n) is 10.6. The Labute approximate surface area is 295 Å². The molecule has 1 N–H and O–H groups in total. The van der Waals surface area contributed by atoms with Gasteiger partial charge in [-0.1, -0.05) is 104 Å². The number of hydrogen-bond donors (Lipinski definition) is 1. The van der Waals surface area contributed by atoms with Crippen molar-refractivity contribution >= 4 is 23.4 Å². The third kappa shape index (κ3) is 9.79. The summed E-state index contributed by atoms with van der Waals surface area (Å²) in [6, 6.07) is 27.6. The number of likely N-dealkylation sites (tertiary alicyclic amines) is 1. The lowest BCUT2D eigenvalue weighted by Crippen LogP contribution is -2.54. The SMILES string of the molecule is O=C(CCN(Cc1ccccc1)Cc1ccccc1)N[C@H](Cc1ccc(Cl)cc1)C(=O)N1CCC(Cn2cncn2)(C2CCCCC2)CC1. The van der Waals surface area contributed by atoms with Gasteiger partial charge < -0.3 is 10.2 Å². The normalized spacial score (nSPS) is 17.1. The fourth-order valence-corrected chi connectivity index (χ4v) is 8.05. The number of piperidine rings is 1. The Morgan fingerprint density at radius 3 is 2.08 bits per heavy atom. The van der Waals surface area contributed by atoms with Crippen LogP contribution in [0.4, 0.5) is 0 Å². The van der Waals surface area contributed by atoms with Crippen molar-refractivity contribution < 1.29 is 9.59 Å². The van der Waals surface area contributed by atoms with E-state index >= 15 is 0 Å². The third-order valence-corrected chi connectivity index (χ3v) is 10.9. The maximum absolute atomic E-state index is 14.3. The van der Waals surface area contributed by atoms with Gasteiger partial charge in [-0.3, -0.25) is 19.2 Å². The molecule has 1 saturated carbocycles. The van der Waals surface area contributed by atoms with Crippen LogP contribution in [0.1, 0.15) is 68.1 Å². The van der Waals surface area contributed by atoms with Crippen molar-refractivity contribution in [2.24, 2.45) is 11.3 Å². The van der Waals surface area contributed by atoms with E-state index < -0.39 is 6.04 Å². The number of nitrogens with one attached hydrogen (secondary N) is 1. The highest BCUT2D eigenvalue weighted by Gasteiger charge is 2.43. The lowest BCUT2D eigenvalue weighted by Gasteiger charge is -2.48. The Morgan fingerprint density at radius 2 is 1.49 bits per heavy atom. The van der Waals surface area contributed by atoms with Gasteiger partial charge in [-0.15, -0.1) is 0 Å². The molecule has 4 aromatic rings. The molecular weight excluding hydrogens is 632 g/mol. The Morgan fingerprint density at radius 1 is 0.857 bits per heavy atom. The monoisotopic (exact) mass is 680 g/mol. The molecule has 2 fully saturated rings. The smallest absolute Gasteiger partial charge is 0.245 e. The van der Waals surface area contributed by atoms with Crippen LogP contribution in [0, 0.1) is 11.3 Å². The van der Waals surface area contributed by atoms with Gasteiger partial charge in [-0.05, 0) is 65.8 Å². The van der Waals surface area contributed by atoms with Crippen molar-refractivity contribution in [3.63, 3.8) is 0 Å². The van der Waals surface area contributed by atoms with E-state index in [1.54, 1.807) is 6.33 Å². The Hall–Kier alpha value is -4.01. The Kier molecular flexibility index (Phi) is 12.1. The van der Waals surface area contributed by atoms with E-state index in [2.05, 4.69) is 44.6 Å². The summed E-state index contributed by atoms with van der Waals surface area (Å²) in [4.78, 5) is 36.4. The van der Waals surface area contributed by atoms with Crippen LogP contribution in [0.2, 0.25) is 5.02 Å². The zero-order valence-corrected chi connectivity index (χ0v) is 29.2. The van der Waals surface area contributed by atoms with E-state index in [-0.39, 0.29) is 17.2 Å². The summed E-state index contributed by atoms with van der Waals surface area (Å²) in [6.07, 6.45) is 12.3. The largest absolute Gasteiger partial charge is 0.344 e. The van der Waals surface area contributed by atoms with Crippen LogP contribution in [-0.4, -0.2) is 62.1 Å². The minimum atomic E-state index is -0.650. The van der Waals surface area contributed by atoms with Crippen LogP contribution in [0.3, 0.4) is 0 Å². The molecule has 2 aliphatic rings. The fraction of sp³-hybridized carbons (Fsp3) is 0.450. The van der Waals surface area contributed by atoms with Gasteiger partial charge in [0.2, 0.25) is 11.8 Å². The molecule has 6 rings (SSSR count). The van der Waals surface area contributed by atoms with Crippen LogP contribution in [-0.2, 0) is 35.6 Å². The number of halogens is 1. The summed E-state index contributed by atoms with van der Waals surface area (Å²) in [5, 5.41) is 8.28. The zero-order chi connectivity index (χ0) is 33.9. The second-order valence-electron chi connectivity index (χ2n) is 14.0. The van der Waals surface area contributed by atoms with Crippen molar-refractivity contribution in [3.05, 3.63) is 119 Å². The van der Waals surface area contributed by atoms with Gasteiger partial charge in [0.25, 0.3) is 0 Å². The highest BCUT2D eigenvalue weighted by Crippen LogP contribution is 2.47. The molecule has 1 saturated heterocycles. The van der Waals surface area contributed by atoms with E-state index in [4.69, 9.17) is 11.6 Å². The van der Waals surface area contributed by atoms with Gasteiger partial charge in [0.1, 0.15) is 18.7 Å². The number of carbonyl (C=O) groups is 2. The van der Waals surface area contributed by atoms with Gasteiger partial charge in [-0.2, -0.15) is 5.10 Å². The molecule has 1 aliphatic heterocycles. The molecule has 258 valence electrons. The van der Waals surface area contributed by atoms with Gasteiger partial charge >= 0.3 is 0 Å². The number of hydrogen-bond acceptors (Lipinski definition) is 5. The maximum atomic E-state index is 14.3. The van der Waals surface area contributed by atoms with E-state index in [0.29, 0.717) is 43.4 Å². The standard InChI is InChI=1S/C40H49ClN6O2/c41-36-18-16-32(17-19-36)26-37(44-38(48)20-23-45(27-33-10-4-1-5-11-33)28-34-12-6-2-7-13-34)39(49)46-24-21-40(22-25-46,29-47-31-42-30-43-47)35-14-8-3-9-15-35/h1-2,4-7,10-13,16-19,30-31,35,37H,3,8-9,14-15,20-29H2,(H,44,48)/t37-/m1/s1. The molecular formula is C40H49ClN6O2. The predicted molar refractivity (Wildman–Crippen MR) is 194 cm³/mol. The minimum absolute atomic E-state index is 0.00766. The average molecular weight is 681 g/mol. The molecule has 0 unspecified atom stereocenters.